The maximum atomic E-state index is 13.2. The summed E-state index contributed by atoms with van der Waals surface area (Å²) in [6, 6.07) is 15.5. The lowest BCUT2D eigenvalue weighted by molar-refractivity contribution is -0.115. The molecular weight excluding hydrogens is 396 g/mol. The molecule has 0 aliphatic rings. The second-order valence-electron chi connectivity index (χ2n) is 6.05. The molecule has 1 heterocycles. The number of halogens is 2. The summed E-state index contributed by atoms with van der Waals surface area (Å²) in [4.78, 5) is 28.3. The molecular formula is C21H17F2N3O2S. The number of nitrogens with zero attached hydrogens (tertiary/aromatic N) is 1. The molecule has 3 aromatic rings. The topological polar surface area (TPSA) is 71.1 Å². The smallest absolute Gasteiger partial charge is 0.251 e. The zero-order valence-electron chi connectivity index (χ0n) is 15.2. The first-order valence-electron chi connectivity index (χ1n) is 8.66. The van der Waals surface area contributed by atoms with Gasteiger partial charge in [0.15, 0.2) is 0 Å². The quantitative estimate of drug-likeness (QED) is 0.574. The second kappa shape index (κ2) is 9.79. The fourth-order valence-corrected chi connectivity index (χ4v) is 3.29. The first kappa shape index (κ1) is 20.5. The predicted octanol–water partition coefficient (Wildman–Crippen LogP) is 4.02. The van der Waals surface area contributed by atoms with Gasteiger partial charge in [-0.3, -0.25) is 9.59 Å². The molecule has 3 rings (SSSR count). The highest BCUT2D eigenvalue weighted by molar-refractivity contribution is 7.98. The molecule has 0 radical (unpaired) electrons. The van der Waals surface area contributed by atoms with Crippen molar-refractivity contribution in [2.45, 2.75) is 10.8 Å². The first-order chi connectivity index (χ1) is 14.0. The number of rotatable bonds is 7. The van der Waals surface area contributed by atoms with E-state index in [-0.39, 0.29) is 12.1 Å². The Balaban J connectivity index is 1.52. The SMILES string of the molecule is O=C(CNC(=O)c1cc(F)cc(F)c1)Nc1cccc(CSc2ccccn2)c1. The maximum absolute atomic E-state index is 13.2. The van der Waals surface area contributed by atoms with E-state index in [0.717, 1.165) is 22.7 Å². The van der Waals surface area contributed by atoms with Crippen molar-refractivity contribution in [3.63, 3.8) is 0 Å². The molecule has 0 spiro atoms. The normalized spacial score (nSPS) is 10.4. The molecule has 0 atom stereocenters. The molecule has 8 heteroatoms. The summed E-state index contributed by atoms with van der Waals surface area (Å²) in [7, 11) is 0. The Bertz CT molecular complexity index is 996. The van der Waals surface area contributed by atoms with Gasteiger partial charge >= 0.3 is 0 Å². The Hall–Kier alpha value is -3.26. The minimum absolute atomic E-state index is 0.191. The number of hydrogen-bond donors (Lipinski definition) is 2. The van der Waals surface area contributed by atoms with Gasteiger partial charge in [-0.2, -0.15) is 0 Å². The van der Waals surface area contributed by atoms with Crippen LogP contribution < -0.4 is 10.6 Å². The van der Waals surface area contributed by atoms with Crippen LogP contribution in [0.4, 0.5) is 14.5 Å². The van der Waals surface area contributed by atoms with Crippen LogP contribution in [0.3, 0.4) is 0 Å². The lowest BCUT2D eigenvalue weighted by Crippen LogP contribution is -2.33. The van der Waals surface area contributed by atoms with Crippen molar-refractivity contribution >= 4 is 29.3 Å². The van der Waals surface area contributed by atoms with Crippen molar-refractivity contribution in [1.29, 1.82) is 0 Å². The van der Waals surface area contributed by atoms with Crippen molar-refractivity contribution < 1.29 is 18.4 Å². The van der Waals surface area contributed by atoms with Crippen molar-refractivity contribution in [3.05, 3.63) is 89.6 Å². The Kier molecular flexibility index (Phi) is 6.91. The number of nitrogens with one attached hydrogen (secondary N) is 2. The van der Waals surface area contributed by atoms with E-state index in [1.54, 1.807) is 24.0 Å². The predicted molar refractivity (Wildman–Crippen MR) is 108 cm³/mol. The number of carbonyl (C=O) groups excluding carboxylic acids is 2. The summed E-state index contributed by atoms with van der Waals surface area (Å²) in [5.41, 5.74) is 1.39. The molecule has 148 valence electrons. The lowest BCUT2D eigenvalue weighted by atomic mass is 10.2. The van der Waals surface area contributed by atoms with Crippen LogP contribution in [-0.2, 0) is 10.5 Å². The third-order valence-electron chi connectivity index (χ3n) is 3.77. The van der Waals surface area contributed by atoms with Gasteiger partial charge in [0.25, 0.3) is 5.91 Å². The average molecular weight is 413 g/mol. The summed E-state index contributed by atoms with van der Waals surface area (Å²) < 4.78 is 26.4. The van der Waals surface area contributed by atoms with E-state index in [1.165, 1.54) is 0 Å². The summed E-state index contributed by atoms with van der Waals surface area (Å²) >= 11 is 1.57. The molecule has 0 aliphatic heterocycles. The Morgan fingerprint density at radius 2 is 1.76 bits per heavy atom. The van der Waals surface area contributed by atoms with E-state index in [2.05, 4.69) is 15.6 Å². The van der Waals surface area contributed by atoms with Crippen LogP contribution in [0.5, 0.6) is 0 Å². The number of aromatic nitrogens is 1. The van der Waals surface area contributed by atoms with Gasteiger partial charge in [-0.05, 0) is 42.0 Å². The van der Waals surface area contributed by atoms with Gasteiger partial charge < -0.3 is 10.6 Å². The number of carbonyl (C=O) groups is 2. The zero-order chi connectivity index (χ0) is 20.6. The molecule has 0 unspecified atom stereocenters. The van der Waals surface area contributed by atoms with Crippen LogP contribution >= 0.6 is 11.8 Å². The monoisotopic (exact) mass is 413 g/mol. The molecule has 0 fully saturated rings. The highest BCUT2D eigenvalue weighted by Crippen LogP contribution is 2.22. The van der Waals surface area contributed by atoms with Gasteiger partial charge in [0.1, 0.15) is 11.6 Å². The summed E-state index contributed by atoms with van der Waals surface area (Å²) in [6.45, 7) is -0.329. The standard InChI is InChI=1S/C21H17F2N3O2S/c22-16-9-15(10-17(23)11-16)21(28)25-12-19(27)26-18-5-3-4-14(8-18)13-29-20-6-1-2-7-24-20/h1-11H,12-13H2,(H,25,28)(H,26,27). The minimum atomic E-state index is -0.861. The molecule has 2 aromatic carbocycles. The Labute approximate surface area is 170 Å². The number of pyridine rings is 1. The molecule has 29 heavy (non-hydrogen) atoms. The molecule has 0 saturated heterocycles. The molecule has 5 nitrogen and oxygen atoms in total. The Morgan fingerprint density at radius 1 is 0.966 bits per heavy atom. The van der Waals surface area contributed by atoms with Crippen LogP contribution in [0.25, 0.3) is 0 Å². The van der Waals surface area contributed by atoms with Crippen molar-refractivity contribution in [2.24, 2.45) is 0 Å². The van der Waals surface area contributed by atoms with Crippen molar-refractivity contribution in [2.75, 3.05) is 11.9 Å². The molecule has 2 amide bonds. The third kappa shape index (κ3) is 6.39. The fraction of sp³-hybridized carbons (Fsp3) is 0.0952. The number of thioether (sulfide) groups is 1. The first-order valence-corrected chi connectivity index (χ1v) is 9.65. The van der Waals surface area contributed by atoms with E-state index >= 15 is 0 Å². The largest absolute Gasteiger partial charge is 0.343 e. The average Bonchev–Trinajstić information content (AvgIpc) is 2.71. The molecule has 0 saturated carbocycles. The maximum Gasteiger partial charge on any atom is 0.251 e. The number of anilines is 1. The molecule has 0 aliphatic carbocycles. The van der Waals surface area contributed by atoms with E-state index in [1.807, 2.05) is 36.4 Å². The number of amides is 2. The minimum Gasteiger partial charge on any atom is -0.343 e. The van der Waals surface area contributed by atoms with Gasteiger partial charge in [-0.25, -0.2) is 13.8 Å². The van der Waals surface area contributed by atoms with Crippen molar-refractivity contribution in [3.8, 4) is 0 Å². The van der Waals surface area contributed by atoms with E-state index in [4.69, 9.17) is 0 Å². The highest BCUT2D eigenvalue weighted by Gasteiger charge is 2.11. The number of benzene rings is 2. The lowest BCUT2D eigenvalue weighted by Gasteiger charge is -2.09. The fourth-order valence-electron chi connectivity index (χ4n) is 2.48. The second-order valence-corrected chi connectivity index (χ2v) is 7.04. The van der Waals surface area contributed by atoms with Gasteiger partial charge in [0.05, 0.1) is 11.6 Å². The van der Waals surface area contributed by atoms with Crippen LogP contribution in [0.1, 0.15) is 15.9 Å². The zero-order valence-corrected chi connectivity index (χ0v) is 16.0. The summed E-state index contributed by atoms with van der Waals surface area (Å²) in [5.74, 6) is -2.23. The highest BCUT2D eigenvalue weighted by atomic mass is 32.2. The van der Waals surface area contributed by atoms with Gasteiger partial charge in [-0.1, -0.05) is 18.2 Å². The van der Waals surface area contributed by atoms with Gasteiger partial charge in [-0.15, -0.1) is 11.8 Å². The van der Waals surface area contributed by atoms with Crippen molar-refractivity contribution in [1.82, 2.24) is 10.3 Å². The van der Waals surface area contributed by atoms with E-state index < -0.39 is 23.4 Å². The van der Waals surface area contributed by atoms with Crippen LogP contribution in [0, 0.1) is 11.6 Å². The Morgan fingerprint density at radius 3 is 2.48 bits per heavy atom. The van der Waals surface area contributed by atoms with Crippen LogP contribution in [0.2, 0.25) is 0 Å². The molecule has 0 bridgehead atoms. The summed E-state index contributed by atoms with van der Waals surface area (Å²) in [6.07, 6.45) is 1.73. The van der Waals surface area contributed by atoms with Gasteiger partial charge in [0, 0.05) is 29.3 Å². The number of hydrogen-bond acceptors (Lipinski definition) is 4. The summed E-state index contributed by atoms with van der Waals surface area (Å²) in [5, 5.41) is 5.92. The van der Waals surface area contributed by atoms with E-state index in [9.17, 15) is 18.4 Å². The van der Waals surface area contributed by atoms with Crippen LogP contribution in [0.15, 0.2) is 71.9 Å². The van der Waals surface area contributed by atoms with Crippen LogP contribution in [-0.4, -0.2) is 23.3 Å². The molecule has 1 aromatic heterocycles. The third-order valence-corrected chi connectivity index (χ3v) is 4.78. The molecule has 2 N–H and O–H groups in total. The van der Waals surface area contributed by atoms with E-state index in [0.29, 0.717) is 17.5 Å². The van der Waals surface area contributed by atoms with Gasteiger partial charge in [0.2, 0.25) is 5.91 Å².